The second-order valence-electron chi connectivity index (χ2n) is 5.98. The highest BCUT2D eigenvalue weighted by Gasteiger charge is 2.13. The Morgan fingerprint density at radius 1 is 0.880 bits per heavy atom. The van der Waals surface area contributed by atoms with Crippen LogP contribution >= 0.6 is 0 Å². The van der Waals surface area contributed by atoms with E-state index < -0.39 is 0 Å². The molecule has 4 aromatic rings. The molecule has 0 atom stereocenters. The maximum atomic E-state index is 5.87. The van der Waals surface area contributed by atoms with E-state index in [2.05, 4.69) is 42.2 Å². The van der Waals surface area contributed by atoms with Gasteiger partial charge in [-0.05, 0) is 30.2 Å². The van der Waals surface area contributed by atoms with Gasteiger partial charge in [0.05, 0.1) is 16.9 Å². The first-order chi connectivity index (χ1) is 12.3. The summed E-state index contributed by atoms with van der Waals surface area (Å²) in [5, 5.41) is 1.00. The molecule has 3 nitrogen and oxygen atoms in total. The predicted octanol–water partition coefficient (Wildman–Crippen LogP) is 4.60. The molecule has 2 aromatic carbocycles. The minimum Gasteiger partial charge on any atom is -0.325 e. The van der Waals surface area contributed by atoms with Crippen molar-refractivity contribution >= 4 is 10.9 Å². The number of nitrogens with zero attached hydrogens (tertiary/aromatic N) is 2. The number of benzene rings is 2. The van der Waals surface area contributed by atoms with Crippen LogP contribution in [-0.4, -0.2) is 9.97 Å². The van der Waals surface area contributed by atoms with Gasteiger partial charge in [0.15, 0.2) is 0 Å². The van der Waals surface area contributed by atoms with Gasteiger partial charge in [0.1, 0.15) is 0 Å². The van der Waals surface area contributed by atoms with Gasteiger partial charge < -0.3 is 5.73 Å². The summed E-state index contributed by atoms with van der Waals surface area (Å²) in [5.74, 6) is 0. The summed E-state index contributed by atoms with van der Waals surface area (Å²) in [6.45, 7) is 4.36. The van der Waals surface area contributed by atoms with Crippen molar-refractivity contribution in [1.82, 2.24) is 9.97 Å². The van der Waals surface area contributed by atoms with Crippen molar-refractivity contribution in [3.05, 3.63) is 91.1 Å². The van der Waals surface area contributed by atoms with Gasteiger partial charge in [0.25, 0.3) is 0 Å². The zero-order chi connectivity index (χ0) is 17.2. The number of rotatable bonds is 3. The van der Waals surface area contributed by atoms with Crippen LogP contribution in [0, 0.1) is 6.92 Å². The quantitative estimate of drug-likeness (QED) is 0.599. The minimum atomic E-state index is 0.392. The van der Waals surface area contributed by atoms with E-state index in [1.807, 2.05) is 36.4 Å². The van der Waals surface area contributed by atoms with Gasteiger partial charge in [-0.3, -0.25) is 4.98 Å². The highest BCUT2D eigenvalue weighted by molar-refractivity contribution is 5.92. The molecule has 1 radical (unpaired) electrons. The molecular formula is C22H18N3. The average Bonchev–Trinajstić information content (AvgIpc) is 2.68. The first-order valence-corrected chi connectivity index (χ1v) is 8.23. The van der Waals surface area contributed by atoms with Gasteiger partial charge in [-0.25, -0.2) is 4.98 Å². The fourth-order valence-corrected chi connectivity index (χ4v) is 3.04. The molecule has 0 bridgehead atoms. The monoisotopic (exact) mass is 324 g/mol. The summed E-state index contributed by atoms with van der Waals surface area (Å²) in [6, 6.07) is 22.5. The number of hydrogen-bond donors (Lipinski definition) is 1. The number of nitrogens with two attached hydrogens (primary N) is 1. The van der Waals surface area contributed by atoms with Crippen molar-refractivity contribution in [3.8, 4) is 22.4 Å². The van der Waals surface area contributed by atoms with E-state index in [9.17, 15) is 0 Å². The van der Waals surface area contributed by atoms with Gasteiger partial charge in [-0.2, -0.15) is 0 Å². The van der Waals surface area contributed by atoms with Crippen molar-refractivity contribution in [2.45, 2.75) is 6.54 Å². The summed E-state index contributed by atoms with van der Waals surface area (Å²) in [5.41, 5.74) is 12.8. The Bertz CT molecular complexity index is 1020. The van der Waals surface area contributed by atoms with Crippen molar-refractivity contribution < 1.29 is 0 Å². The maximum absolute atomic E-state index is 5.87. The van der Waals surface area contributed by atoms with Crippen LogP contribution in [0.1, 0.15) is 11.3 Å². The number of hydrogen-bond acceptors (Lipinski definition) is 3. The van der Waals surface area contributed by atoms with Gasteiger partial charge >= 0.3 is 0 Å². The lowest BCUT2D eigenvalue weighted by molar-refractivity contribution is 1.01. The molecule has 0 aliphatic carbocycles. The molecule has 0 amide bonds. The Hall–Kier alpha value is -3.04. The largest absolute Gasteiger partial charge is 0.325 e. The van der Waals surface area contributed by atoms with Crippen LogP contribution in [0.4, 0.5) is 0 Å². The Kier molecular flexibility index (Phi) is 4.00. The topological polar surface area (TPSA) is 51.8 Å². The summed E-state index contributed by atoms with van der Waals surface area (Å²) in [7, 11) is 0. The van der Waals surface area contributed by atoms with E-state index in [1.165, 1.54) is 0 Å². The van der Waals surface area contributed by atoms with Crippen LogP contribution in [-0.2, 0) is 6.54 Å². The summed E-state index contributed by atoms with van der Waals surface area (Å²) >= 11 is 0. The molecule has 2 aromatic heterocycles. The standard InChI is InChI=1S/C22H18N3/c1-15-7-9-17(10-8-15)22-18(16-5-3-2-4-6-16)13-19-20(25-22)11-12-24-21(19)14-23/h2-13H,1,14,23H2. The van der Waals surface area contributed by atoms with Gasteiger partial charge in [-0.15, -0.1) is 0 Å². The lowest BCUT2D eigenvalue weighted by Gasteiger charge is -2.13. The molecule has 2 N–H and O–H groups in total. The lowest BCUT2D eigenvalue weighted by Crippen LogP contribution is -2.02. The summed E-state index contributed by atoms with van der Waals surface area (Å²) in [4.78, 5) is 9.35. The summed E-state index contributed by atoms with van der Waals surface area (Å²) in [6.07, 6.45) is 1.77. The Balaban J connectivity index is 2.04. The van der Waals surface area contributed by atoms with Crippen molar-refractivity contribution in [1.29, 1.82) is 0 Å². The maximum Gasteiger partial charge on any atom is 0.0788 e. The molecule has 0 saturated heterocycles. The SMILES string of the molecule is [CH2]c1ccc(-c2nc3ccnc(CN)c3cc2-c2ccccc2)cc1. The lowest BCUT2D eigenvalue weighted by atomic mass is 9.96. The van der Waals surface area contributed by atoms with Crippen molar-refractivity contribution in [2.24, 2.45) is 5.73 Å². The predicted molar refractivity (Wildman–Crippen MR) is 103 cm³/mol. The van der Waals surface area contributed by atoms with Crippen LogP contribution in [0.25, 0.3) is 33.3 Å². The third-order valence-corrected chi connectivity index (χ3v) is 4.33. The van der Waals surface area contributed by atoms with Crippen molar-refractivity contribution in [2.75, 3.05) is 0 Å². The third kappa shape index (κ3) is 2.90. The van der Waals surface area contributed by atoms with Gasteiger partial charge in [0, 0.05) is 29.3 Å². The van der Waals surface area contributed by atoms with E-state index in [-0.39, 0.29) is 0 Å². The van der Waals surface area contributed by atoms with E-state index >= 15 is 0 Å². The molecule has 4 rings (SSSR count). The fourth-order valence-electron chi connectivity index (χ4n) is 3.04. The molecular weight excluding hydrogens is 306 g/mol. The van der Waals surface area contributed by atoms with Gasteiger partial charge in [-0.1, -0.05) is 54.6 Å². The highest BCUT2D eigenvalue weighted by atomic mass is 14.8. The molecule has 0 saturated carbocycles. The normalized spacial score (nSPS) is 11.0. The molecule has 3 heteroatoms. The summed E-state index contributed by atoms with van der Waals surface area (Å²) < 4.78 is 0. The van der Waals surface area contributed by atoms with E-state index in [0.717, 1.165) is 44.5 Å². The van der Waals surface area contributed by atoms with Crippen molar-refractivity contribution in [3.63, 3.8) is 0 Å². The van der Waals surface area contributed by atoms with E-state index in [4.69, 9.17) is 10.7 Å². The first-order valence-electron chi connectivity index (χ1n) is 8.23. The molecule has 0 spiro atoms. The zero-order valence-electron chi connectivity index (χ0n) is 13.8. The van der Waals surface area contributed by atoms with Crippen LogP contribution in [0.3, 0.4) is 0 Å². The molecule has 0 aliphatic heterocycles. The Labute approximate surface area is 147 Å². The van der Waals surface area contributed by atoms with Gasteiger partial charge in [0.2, 0.25) is 0 Å². The second kappa shape index (κ2) is 6.46. The Morgan fingerprint density at radius 3 is 2.36 bits per heavy atom. The average molecular weight is 324 g/mol. The molecule has 0 unspecified atom stereocenters. The van der Waals surface area contributed by atoms with E-state index in [1.54, 1.807) is 6.20 Å². The molecule has 121 valence electrons. The molecule has 0 fully saturated rings. The van der Waals surface area contributed by atoms with Crippen LogP contribution < -0.4 is 5.73 Å². The minimum absolute atomic E-state index is 0.392. The second-order valence-corrected chi connectivity index (χ2v) is 5.98. The van der Waals surface area contributed by atoms with Crippen LogP contribution in [0.15, 0.2) is 72.9 Å². The third-order valence-electron chi connectivity index (χ3n) is 4.33. The van der Waals surface area contributed by atoms with Crippen LogP contribution in [0.5, 0.6) is 0 Å². The Morgan fingerprint density at radius 2 is 1.64 bits per heavy atom. The first kappa shape index (κ1) is 15.5. The fraction of sp³-hybridized carbons (Fsp3) is 0.0455. The number of pyridine rings is 2. The number of aromatic nitrogens is 2. The molecule has 2 heterocycles. The van der Waals surface area contributed by atoms with Crippen LogP contribution in [0.2, 0.25) is 0 Å². The van der Waals surface area contributed by atoms with E-state index in [0.29, 0.717) is 6.54 Å². The smallest absolute Gasteiger partial charge is 0.0788 e. The number of fused-ring (bicyclic) bond motifs is 1. The zero-order valence-corrected chi connectivity index (χ0v) is 13.8. The molecule has 0 aliphatic rings. The molecule has 25 heavy (non-hydrogen) atoms. The highest BCUT2D eigenvalue weighted by Crippen LogP contribution is 2.34.